The molecule has 0 aromatic heterocycles. The quantitative estimate of drug-likeness (QED) is 0.147. The highest BCUT2D eigenvalue weighted by molar-refractivity contribution is 6.93. The van der Waals surface area contributed by atoms with Gasteiger partial charge in [0.2, 0.25) is 0 Å². The fourth-order valence-corrected chi connectivity index (χ4v) is 13.5. The zero-order valence-corrected chi connectivity index (χ0v) is 43.8. The molecule has 0 fully saturated rings. The molecule has 10 aromatic rings. The molecule has 14 rings (SSSR count). The number of rotatable bonds is 7. The van der Waals surface area contributed by atoms with Gasteiger partial charge in [-0.15, -0.1) is 0 Å². The summed E-state index contributed by atoms with van der Waals surface area (Å²) in [6, 6.07) is 86.6. The van der Waals surface area contributed by atoms with Gasteiger partial charge in [0.15, 0.2) is 0 Å². The van der Waals surface area contributed by atoms with Crippen molar-refractivity contribution in [3.05, 3.63) is 253 Å². The minimum absolute atomic E-state index is 0.0241. The van der Waals surface area contributed by atoms with Gasteiger partial charge in [0, 0.05) is 56.5 Å². The van der Waals surface area contributed by atoms with E-state index in [4.69, 9.17) is 0 Å². The molecule has 3 nitrogen and oxygen atoms in total. The second-order valence-electron chi connectivity index (χ2n) is 23.1. The minimum atomic E-state index is -0.269. The molecule has 4 heteroatoms. The topological polar surface area (TPSA) is 9.72 Å². The summed E-state index contributed by atoms with van der Waals surface area (Å²) in [5.41, 5.74) is 27.5. The van der Waals surface area contributed by atoms with Crippen molar-refractivity contribution in [3.63, 3.8) is 0 Å². The summed E-state index contributed by atoms with van der Waals surface area (Å²) in [6.07, 6.45) is 2.32. The first-order valence-electron chi connectivity index (χ1n) is 26.9. The van der Waals surface area contributed by atoms with Gasteiger partial charge in [-0.05, 0) is 175 Å². The number of nitrogens with zero attached hydrogens (tertiary/aromatic N) is 3. The monoisotopic (exact) mass is 965 g/mol. The third kappa shape index (κ3) is 7.02. The van der Waals surface area contributed by atoms with E-state index in [2.05, 4.69) is 287 Å². The molecule has 0 bridgehead atoms. The van der Waals surface area contributed by atoms with Gasteiger partial charge in [0.25, 0.3) is 0 Å². The fourth-order valence-electron chi connectivity index (χ4n) is 13.5. The van der Waals surface area contributed by atoms with Crippen molar-refractivity contribution in [3.8, 4) is 44.5 Å². The molecular formula is C71H60BN3. The first kappa shape index (κ1) is 45.3. The van der Waals surface area contributed by atoms with Crippen molar-refractivity contribution < 1.29 is 0 Å². The van der Waals surface area contributed by atoms with E-state index in [1.165, 1.54) is 107 Å². The Hall–Kier alpha value is -8.34. The van der Waals surface area contributed by atoms with Crippen molar-refractivity contribution in [2.75, 3.05) is 14.6 Å². The van der Waals surface area contributed by atoms with Gasteiger partial charge in [-0.1, -0.05) is 193 Å². The summed E-state index contributed by atoms with van der Waals surface area (Å²) >= 11 is 0. The van der Waals surface area contributed by atoms with Crippen LogP contribution in [0.25, 0.3) is 44.5 Å². The molecule has 0 saturated heterocycles. The lowest BCUT2D eigenvalue weighted by atomic mass is 9.43. The number of para-hydroxylation sites is 2. The Kier molecular flexibility index (Phi) is 10.2. The van der Waals surface area contributed by atoms with Gasteiger partial charge in [-0.3, -0.25) is 0 Å². The number of hydrogen-bond acceptors (Lipinski definition) is 3. The van der Waals surface area contributed by atoms with Crippen LogP contribution in [0.1, 0.15) is 76.6 Å². The summed E-state index contributed by atoms with van der Waals surface area (Å²) < 4.78 is 0. The Morgan fingerprint density at radius 3 is 1.60 bits per heavy atom. The molecule has 2 aliphatic heterocycles. The molecule has 0 spiro atoms. The first-order valence-corrected chi connectivity index (χ1v) is 26.9. The van der Waals surface area contributed by atoms with Crippen LogP contribution >= 0.6 is 0 Å². The Labute approximate surface area is 443 Å². The van der Waals surface area contributed by atoms with Crippen molar-refractivity contribution in [2.45, 2.75) is 70.6 Å². The lowest BCUT2D eigenvalue weighted by Crippen LogP contribution is -2.61. The SMILES string of the molecule is CC1(C)CCC(C)(C)c2cc(N3c4cc(-c5ccccc5)ccc4B4c5c3cc3c(c5-c5cc(N(c6ccccc6)c6ccccc6)ccc5N4c4ccc(-c5ccccc5)cc4)-c4ccccc4C3(C)C)ccc21. The highest BCUT2D eigenvalue weighted by Gasteiger charge is 2.50. The molecule has 0 radical (unpaired) electrons. The van der Waals surface area contributed by atoms with Crippen molar-refractivity contribution in [1.82, 2.24) is 0 Å². The molecule has 362 valence electrons. The van der Waals surface area contributed by atoms with Gasteiger partial charge in [-0.2, -0.15) is 0 Å². The normalized spacial score (nSPS) is 15.7. The summed E-state index contributed by atoms with van der Waals surface area (Å²) in [5, 5.41) is 0. The predicted octanol–water partition coefficient (Wildman–Crippen LogP) is 17.9. The Morgan fingerprint density at radius 2 is 0.933 bits per heavy atom. The molecule has 2 heterocycles. The number of anilines is 8. The van der Waals surface area contributed by atoms with Crippen LogP contribution < -0.4 is 25.5 Å². The van der Waals surface area contributed by atoms with E-state index in [1.807, 2.05) is 0 Å². The second-order valence-corrected chi connectivity index (χ2v) is 23.1. The second kappa shape index (κ2) is 16.8. The summed E-state index contributed by atoms with van der Waals surface area (Å²) in [5.74, 6) is 0. The maximum absolute atomic E-state index is 2.67. The van der Waals surface area contributed by atoms with Crippen LogP contribution in [0.5, 0.6) is 0 Å². The standard InChI is InChI=1S/C71H60BN3/c1-69(2)41-42-70(3,4)60-45-55(36-38-59(60)69)74-64-43-50(48-23-13-8-14-24-48)33-39-62(64)72-68-65(74)46-61-66(56-29-19-20-30-58(56)71(61,5)6)67(68)57-44-54(73(51-25-15-9-16-26-51)52-27-17-10-18-28-52)37-40-63(57)75(72)53-34-31-49(32-35-53)47-21-11-7-12-22-47/h7-40,43-46H,41-42H2,1-6H3. The largest absolute Gasteiger partial charge is 0.376 e. The van der Waals surface area contributed by atoms with E-state index < -0.39 is 0 Å². The Bertz CT molecular complexity index is 3820. The van der Waals surface area contributed by atoms with Gasteiger partial charge >= 0.3 is 6.85 Å². The van der Waals surface area contributed by atoms with Crippen LogP contribution in [0.3, 0.4) is 0 Å². The van der Waals surface area contributed by atoms with Crippen molar-refractivity contribution >= 4 is 63.3 Å². The molecule has 0 amide bonds. The summed E-state index contributed by atoms with van der Waals surface area (Å²) in [6.45, 7) is 14.5. The van der Waals surface area contributed by atoms with E-state index in [1.54, 1.807) is 0 Å². The Morgan fingerprint density at radius 1 is 0.373 bits per heavy atom. The van der Waals surface area contributed by atoms with Gasteiger partial charge < -0.3 is 14.6 Å². The molecule has 4 aliphatic rings. The first-order chi connectivity index (χ1) is 36.5. The molecule has 10 aromatic carbocycles. The lowest BCUT2D eigenvalue weighted by Gasteiger charge is -2.47. The smallest absolute Gasteiger partial charge is 0.333 e. The predicted molar refractivity (Wildman–Crippen MR) is 319 cm³/mol. The van der Waals surface area contributed by atoms with E-state index in [0.717, 1.165) is 29.2 Å². The van der Waals surface area contributed by atoms with E-state index in [-0.39, 0.29) is 23.1 Å². The highest BCUT2D eigenvalue weighted by Crippen LogP contribution is 2.59. The summed E-state index contributed by atoms with van der Waals surface area (Å²) in [4.78, 5) is 7.76. The molecule has 0 atom stereocenters. The Balaban J connectivity index is 1.11. The maximum atomic E-state index is 2.67. The number of benzene rings is 10. The van der Waals surface area contributed by atoms with Gasteiger partial charge in [0.05, 0.1) is 0 Å². The lowest BCUT2D eigenvalue weighted by molar-refractivity contribution is 0.332. The third-order valence-electron chi connectivity index (χ3n) is 17.5. The minimum Gasteiger partial charge on any atom is -0.376 e. The molecule has 2 aliphatic carbocycles. The van der Waals surface area contributed by atoms with Crippen LogP contribution in [0.15, 0.2) is 231 Å². The van der Waals surface area contributed by atoms with Crippen LogP contribution in [0.2, 0.25) is 0 Å². The van der Waals surface area contributed by atoms with Gasteiger partial charge in [0.1, 0.15) is 0 Å². The molecule has 0 unspecified atom stereocenters. The van der Waals surface area contributed by atoms with Gasteiger partial charge in [-0.25, -0.2) is 0 Å². The molecular weight excluding hydrogens is 906 g/mol. The number of fused-ring (bicyclic) bond motifs is 9. The average molecular weight is 966 g/mol. The zero-order valence-electron chi connectivity index (χ0n) is 43.8. The van der Waals surface area contributed by atoms with E-state index >= 15 is 0 Å². The molecule has 0 N–H and O–H groups in total. The van der Waals surface area contributed by atoms with Crippen LogP contribution in [-0.4, -0.2) is 6.85 Å². The van der Waals surface area contributed by atoms with E-state index in [0.29, 0.717) is 0 Å². The fraction of sp³-hybridized carbons (Fsp3) is 0.155. The third-order valence-corrected chi connectivity index (χ3v) is 17.5. The number of hydrogen-bond donors (Lipinski definition) is 0. The van der Waals surface area contributed by atoms with Crippen molar-refractivity contribution in [2.24, 2.45) is 0 Å². The zero-order chi connectivity index (χ0) is 50.8. The average Bonchev–Trinajstić information content (AvgIpc) is 3.68. The van der Waals surface area contributed by atoms with Crippen LogP contribution in [-0.2, 0) is 16.2 Å². The summed E-state index contributed by atoms with van der Waals surface area (Å²) in [7, 11) is 0. The highest BCUT2D eigenvalue weighted by atomic mass is 15.2. The van der Waals surface area contributed by atoms with Crippen LogP contribution in [0.4, 0.5) is 45.5 Å². The maximum Gasteiger partial charge on any atom is 0.333 e. The molecule has 75 heavy (non-hydrogen) atoms. The van der Waals surface area contributed by atoms with E-state index in [9.17, 15) is 0 Å². The van der Waals surface area contributed by atoms with Crippen molar-refractivity contribution in [1.29, 1.82) is 0 Å². The van der Waals surface area contributed by atoms with Crippen LogP contribution in [0, 0.1) is 0 Å². The molecule has 0 saturated carbocycles.